The molecule has 4 heterocycles. The number of aliphatic imine (C=N–C) groups is 1. The number of nitrogens with zero attached hydrogens (tertiary/aromatic N) is 4. The summed E-state index contributed by atoms with van der Waals surface area (Å²) in [5.74, 6) is -1.99. The van der Waals surface area contributed by atoms with Crippen LogP contribution in [0.25, 0.3) is 11.1 Å². The highest BCUT2D eigenvalue weighted by Crippen LogP contribution is 2.34. The molecule has 2 aliphatic heterocycles. The SMILES string of the molecule is CN=C(C(=CN)NC(=O)c1c(N)oc2cc(C3CCN(C)CC3)cnc12)N1CC(N)CC(C(F)(F)F)C1. The summed E-state index contributed by atoms with van der Waals surface area (Å²) in [7, 11) is 3.49. The second-order valence-corrected chi connectivity index (χ2v) is 9.76. The minimum absolute atomic E-state index is 0.0169. The Morgan fingerprint density at radius 1 is 1.30 bits per heavy atom. The Morgan fingerprint density at radius 2 is 2.00 bits per heavy atom. The van der Waals surface area contributed by atoms with Crippen molar-refractivity contribution in [2.75, 3.05) is 46.0 Å². The van der Waals surface area contributed by atoms with Crippen molar-refractivity contribution >= 4 is 28.7 Å². The van der Waals surface area contributed by atoms with Gasteiger partial charge in [0.1, 0.15) is 16.9 Å². The third-order valence-corrected chi connectivity index (χ3v) is 7.11. The predicted octanol–water partition coefficient (Wildman–Crippen LogP) is 1.99. The number of anilines is 1. The Labute approximate surface area is 212 Å². The van der Waals surface area contributed by atoms with Gasteiger partial charge in [-0.25, -0.2) is 0 Å². The lowest BCUT2D eigenvalue weighted by Crippen LogP contribution is -2.54. The molecule has 13 heteroatoms. The van der Waals surface area contributed by atoms with Gasteiger partial charge in [-0.2, -0.15) is 13.2 Å². The first-order valence-corrected chi connectivity index (χ1v) is 12.2. The van der Waals surface area contributed by atoms with Crippen LogP contribution in [0.4, 0.5) is 19.1 Å². The van der Waals surface area contributed by atoms with Crippen LogP contribution in [0.3, 0.4) is 0 Å². The highest BCUT2D eigenvalue weighted by Gasteiger charge is 2.44. The molecule has 2 saturated heterocycles. The quantitative estimate of drug-likeness (QED) is 0.351. The number of nitrogens with two attached hydrogens (primary N) is 3. The van der Waals surface area contributed by atoms with Crippen molar-refractivity contribution in [1.82, 2.24) is 20.1 Å². The molecular weight excluding hydrogens is 489 g/mol. The van der Waals surface area contributed by atoms with Gasteiger partial charge in [-0.3, -0.25) is 14.8 Å². The fraction of sp³-hybridized carbons (Fsp3) is 0.542. The molecule has 0 spiro atoms. The van der Waals surface area contributed by atoms with E-state index in [1.807, 2.05) is 6.07 Å². The third-order valence-electron chi connectivity index (χ3n) is 7.11. The maximum Gasteiger partial charge on any atom is 0.393 e. The summed E-state index contributed by atoms with van der Waals surface area (Å²) >= 11 is 0. The molecular formula is C24H33F3N8O2. The number of piperidine rings is 2. The summed E-state index contributed by atoms with van der Waals surface area (Å²) in [6.45, 7) is 1.75. The van der Waals surface area contributed by atoms with Gasteiger partial charge < -0.3 is 36.7 Å². The summed E-state index contributed by atoms with van der Waals surface area (Å²) in [4.78, 5) is 25.5. The minimum Gasteiger partial charge on any atom is -0.438 e. The van der Waals surface area contributed by atoms with Crippen LogP contribution in [0.15, 0.2) is 33.6 Å². The number of carbonyl (C=O) groups is 1. The highest BCUT2D eigenvalue weighted by molar-refractivity contribution is 6.12. The van der Waals surface area contributed by atoms with Crippen LogP contribution < -0.4 is 22.5 Å². The second-order valence-electron chi connectivity index (χ2n) is 9.76. The van der Waals surface area contributed by atoms with E-state index >= 15 is 0 Å². The van der Waals surface area contributed by atoms with Crippen molar-refractivity contribution in [3.05, 3.63) is 35.3 Å². The highest BCUT2D eigenvalue weighted by atomic mass is 19.4. The van der Waals surface area contributed by atoms with Gasteiger partial charge in [0.2, 0.25) is 5.88 Å². The van der Waals surface area contributed by atoms with Crippen LogP contribution in [0, 0.1) is 5.92 Å². The van der Waals surface area contributed by atoms with Gasteiger partial charge in [0.25, 0.3) is 5.91 Å². The number of aromatic nitrogens is 1. The van der Waals surface area contributed by atoms with Crippen LogP contribution in [0.1, 0.15) is 41.1 Å². The average molecular weight is 523 g/mol. The van der Waals surface area contributed by atoms with E-state index in [-0.39, 0.29) is 48.0 Å². The lowest BCUT2D eigenvalue weighted by Gasteiger charge is -2.39. The van der Waals surface area contributed by atoms with Crippen LogP contribution in [0.2, 0.25) is 0 Å². The van der Waals surface area contributed by atoms with Crippen molar-refractivity contribution in [3.8, 4) is 0 Å². The largest absolute Gasteiger partial charge is 0.438 e. The number of rotatable bonds is 4. The minimum atomic E-state index is -4.41. The molecule has 37 heavy (non-hydrogen) atoms. The number of amidine groups is 1. The third kappa shape index (κ3) is 5.67. The van der Waals surface area contributed by atoms with Crippen molar-refractivity contribution in [2.24, 2.45) is 22.4 Å². The normalized spacial score (nSPS) is 23.0. The topological polar surface area (TPSA) is 152 Å². The van der Waals surface area contributed by atoms with Gasteiger partial charge in [0.05, 0.1) is 11.6 Å². The van der Waals surface area contributed by atoms with Crippen LogP contribution in [-0.2, 0) is 0 Å². The molecule has 2 aliphatic rings. The van der Waals surface area contributed by atoms with Gasteiger partial charge >= 0.3 is 6.18 Å². The number of alkyl halides is 3. The van der Waals surface area contributed by atoms with E-state index in [1.54, 1.807) is 6.20 Å². The standard InChI is InChI=1S/C24H33F3N8O2/c1-31-22(35-11-15(24(25,26)27)8-16(29)12-35)17(9-28)33-23(36)19-20-18(37-21(19)30)7-14(10-32-20)13-3-5-34(2)6-4-13/h7,9-10,13,15-16H,3-6,8,11-12,28-30H2,1-2H3,(H,33,36). The van der Waals surface area contributed by atoms with E-state index < -0.39 is 24.0 Å². The van der Waals surface area contributed by atoms with E-state index in [0.717, 1.165) is 37.7 Å². The molecule has 0 radical (unpaired) electrons. The molecule has 2 aromatic rings. The fourth-order valence-electron chi connectivity index (χ4n) is 5.13. The summed E-state index contributed by atoms with van der Waals surface area (Å²) < 4.78 is 45.9. The molecule has 2 aromatic heterocycles. The van der Waals surface area contributed by atoms with Crippen LogP contribution in [0.5, 0.6) is 0 Å². The zero-order valence-corrected chi connectivity index (χ0v) is 20.9. The van der Waals surface area contributed by atoms with Gasteiger partial charge in [-0.05, 0) is 56.9 Å². The number of likely N-dealkylation sites (tertiary alicyclic amines) is 2. The number of carbonyl (C=O) groups excluding carboxylic acids is 1. The van der Waals surface area contributed by atoms with Gasteiger partial charge in [-0.1, -0.05) is 0 Å². The van der Waals surface area contributed by atoms with E-state index in [4.69, 9.17) is 21.6 Å². The smallest absolute Gasteiger partial charge is 0.393 e. The summed E-state index contributed by atoms with van der Waals surface area (Å²) in [5, 5.41) is 2.62. The number of amides is 1. The van der Waals surface area contributed by atoms with Crippen molar-refractivity contribution in [1.29, 1.82) is 0 Å². The maximum atomic E-state index is 13.4. The molecule has 202 valence electrons. The zero-order valence-electron chi connectivity index (χ0n) is 20.9. The average Bonchev–Trinajstić information content (AvgIpc) is 3.18. The van der Waals surface area contributed by atoms with Gasteiger partial charge in [-0.15, -0.1) is 0 Å². The Balaban J connectivity index is 1.55. The number of hydrogen-bond donors (Lipinski definition) is 4. The number of nitrogen functional groups attached to an aromatic ring is 1. The molecule has 2 atom stereocenters. The number of pyridine rings is 1. The van der Waals surface area contributed by atoms with Crippen LogP contribution in [-0.4, -0.2) is 79.0 Å². The fourth-order valence-corrected chi connectivity index (χ4v) is 5.13. The van der Waals surface area contributed by atoms with Gasteiger partial charge in [0, 0.05) is 38.6 Å². The summed E-state index contributed by atoms with van der Waals surface area (Å²) in [6, 6.07) is 1.14. The van der Waals surface area contributed by atoms with Gasteiger partial charge in [0.15, 0.2) is 5.58 Å². The number of halogens is 3. The number of hydrogen-bond acceptors (Lipinski definition) is 8. The van der Waals surface area contributed by atoms with E-state index in [0.29, 0.717) is 11.5 Å². The lowest BCUT2D eigenvalue weighted by atomic mass is 9.90. The molecule has 0 bridgehead atoms. The zero-order chi connectivity index (χ0) is 26.9. The number of nitrogens with one attached hydrogen (secondary N) is 1. The molecule has 0 aromatic carbocycles. The maximum absolute atomic E-state index is 13.4. The first-order chi connectivity index (χ1) is 17.5. The molecule has 4 rings (SSSR count). The Bertz CT molecular complexity index is 1200. The molecule has 2 unspecified atom stereocenters. The summed E-state index contributed by atoms with van der Waals surface area (Å²) in [5.41, 5.74) is 19.5. The van der Waals surface area contributed by atoms with Crippen molar-refractivity contribution < 1.29 is 22.4 Å². The van der Waals surface area contributed by atoms with Crippen LogP contribution >= 0.6 is 0 Å². The molecule has 7 N–H and O–H groups in total. The number of furan rings is 1. The molecule has 10 nitrogen and oxygen atoms in total. The Morgan fingerprint density at radius 3 is 2.62 bits per heavy atom. The predicted molar refractivity (Wildman–Crippen MR) is 135 cm³/mol. The van der Waals surface area contributed by atoms with E-state index in [1.165, 1.54) is 11.9 Å². The molecule has 1 amide bonds. The monoisotopic (exact) mass is 522 g/mol. The Hall–Kier alpha value is -3.32. The second kappa shape index (κ2) is 10.6. The van der Waals surface area contributed by atoms with Crippen molar-refractivity contribution in [2.45, 2.75) is 37.4 Å². The number of fused-ring (bicyclic) bond motifs is 1. The first-order valence-electron chi connectivity index (χ1n) is 12.2. The lowest BCUT2D eigenvalue weighted by molar-refractivity contribution is -0.184. The summed E-state index contributed by atoms with van der Waals surface area (Å²) in [6.07, 6.45) is 0.196. The first kappa shape index (κ1) is 26.7. The van der Waals surface area contributed by atoms with Crippen molar-refractivity contribution in [3.63, 3.8) is 0 Å². The van der Waals surface area contributed by atoms with E-state index in [2.05, 4.69) is 27.2 Å². The molecule has 0 aliphatic carbocycles. The molecule has 2 fully saturated rings. The van der Waals surface area contributed by atoms with E-state index in [9.17, 15) is 18.0 Å². The molecule has 0 saturated carbocycles. The Kier molecular flexibility index (Phi) is 7.64.